The number of halogens is 1. The van der Waals surface area contributed by atoms with E-state index in [0.29, 0.717) is 12.0 Å². The topological polar surface area (TPSA) is 83.9 Å². The number of carboxylic acid groups (broad SMARTS) is 2. The molecule has 0 spiro atoms. The number of fused-ring (bicyclic) bond motifs is 1. The Bertz CT molecular complexity index is 958. The smallest absolute Gasteiger partial charge is 0.550 e. The number of nitrogens with zero attached hydrogens (tertiary/aromatic N) is 2. The molecule has 0 saturated carbocycles. The zero-order valence-corrected chi connectivity index (χ0v) is 19.5. The molecule has 2 aromatic carbocycles. The summed E-state index contributed by atoms with van der Waals surface area (Å²) < 4.78 is 0. The van der Waals surface area contributed by atoms with Gasteiger partial charge in [-0.05, 0) is 56.1 Å². The summed E-state index contributed by atoms with van der Waals surface area (Å²) in [6.07, 6.45) is 0.236. The van der Waals surface area contributed by atoms with Crippen molar-refractivity contribution in [2.24, 2.45) is 0 Å². The van der Waals surface area contributed by atoms with E-state index in [4.69, 9.17) is 16.7 Å². The lowest BCUT2D eigenvalue weighted by molar-refractivity contribution is -0.305. The highest BCUT2D eigenvalue weighted by Crippen LogP contribution is 2.48. The fourth-order valence-electron chi connectivity index (χ4n) is 4.64. The Hall–Kier alpha value is -2.41. The van der Waals surface area contributed by atoms with E-state index in [1.165, 1.54) is 16.7 Å². The van der Waals surface area contributed by atoms with Gasteiger partial charge in [-0.1, -0.05) is 48.0 Å². The SMILES string of the molecule is CN1CCN([C@@H]2C[C@@H](c3ccccc3)c3ccc(Cl)cc32)CC1(C)C.O=C([O-])CC(=O)O.[H+]. The number of hydrogen-bond donors (Lipinski definition) is 1. The molecule has 6 nitrogen and oxygen atoms in total. The number of benzene rings is 2. The number of piperazine rings is 1. The summed E-state index contributed by atoms with van der Waals surface area (Å²) in [7, 11) is 2.24. The van der Waals surface area contributed by atoms with Gasteiger partial charge in [0.1, 0.15) is 0 Å². The lowest BCUT2D eigenvalue weighted by Gasteiger charge is -2.47. The first-order valence-electron chi connectivity index (χ1n) is 10.8. The van der Waals surface area contributed by atoms with Gasteiger partial charge in [0.2, 0.25) is 0 Å². The van der Waals surface area contributed by atoms with Crippen molar-refractivity contribution in [1.29, 1.82) is 0 Å². The Labute approximate surface area is 195 Å². The summed E-state index contributed by atoms with van der Waals surface area (Å²) in [5.41, 5.74) is 4.52. The van der Waals surface area contributed by atoms with E-state index >= 15 is 0 Å². The normalized spacial score (nSPS) is 22.5. The molecular formula is C25H31ClN2O4. The molecule has 2 aliphatic rings. The van der Waals surface area contributed by atoms with E-state index < -0.39 is 18.4 Å². The Balaban J connectivity index is 0.000000423. The zero-order valence-electron chi connectivity index (χ0n) is 19.8. The molecule has 172 valence electrons. The quantitative estimate of drug-likeness (QED) is 0.708. The molecule has 32 heavy (non-hydrogen) atoms. The predicted octanol–water partition coefficient (Wildman–Crippen LogP) is 3.27. The average Bonchev–Trinajstić information content (AvgIpc) is 3.09. The van der Waals surface area contributed by atoms with Crippen molar-refractivity contribution < 1.29 is 21.2 Å². The van der Waals surface area contributed by atoms with Crippen molar-refractivity contribution in [3.8, 4) is 0 Å². The van der Waals surface area contributed by atoms with E-state index in [2.05, 4.69) is 73.2 Å². The lowest BCUT2D eigenvalue weighted by Crippen LogP contribution is -2.58. The van der Waals surface area contributed by atoms with Gasteiger partial charge in [0.05, 0.1) is 12.4 Å². The molecule has 0 radical (unpaired) electrons. The number of likely N-dealkylation sites (N-methyl/N-ethyl adjacent to an activating group) is 1. The Morgan fingerprint density at radius 2 is 1.84 bits per heavy atom. The summed E-state index contributed by atoms with van der Waals surface area (Å²) >= 11 is 6.37. The van der Waals surface area contributed by atoms with Gasteiger partial charge >= 0.3 is 7.40 Å². The summed E-state index contributed by atoms with van der Waals surface area (Å²) in [4.78, 5) is 23.9. The molecule has 4 rings (SSSR count). The molecule has 1 saturated heterocycles. The van der Waals surface area contributed by atoms with Crippen LogP contribution in [0.3, 0.4) is 0 Å². The molecule has 1 N–H and O–H groups in total. The standard InChI is InChI=1S/C22H27ClN2.C3H4O4/c1-22(2)15-25(12-11-24(22)3)21-14-19(16-7-5-4-6-8-16)18-10-9-17(23)13-20(18)21;4-2(5)1-3(6)7/h4-10,13,19,21H,11-12,14-15H2,1-3H3;1H2,(H,4,5)(H,6,7)/t19-,21+;/m0./s1. The van der Waals surface area contributed by atoms with E-state index in [1.807, 2.05) is 6.07 Å². The summed E-state index contributed by atoms with van der Waals surface area (Å²) in [6.45, 7) is 8.04. The van der Waals surface area contributed by atoms with E-state index in [-0.39, 0.29) is 6.97 Å². The molecule has 1 aliphatic heterocycles. The van der Waals surface area contributed by atoms with E-state index in [1.54, 1.807) is 0 Å². The first-order chi connectivity index (χ1) is 15.1. The highest BCUT2D eigenvalue weighted by molar-refractivity contribution is 6.30. The third-order valence-electron chi connectivity index (χ3n) is 6.53. The number of rotatable bonds is 4. The second-order valence-electron chi connectivity index (χ2n) is 9.13. The molecule has 0 bridgehead atoms. The minimum Gasteiger partial charge on any atom is -0.550 e. The van der Waals surface area contributed by atoms with E-state index in [0.717, 1.165) is 31.1 Å². The van der Waals surface area contributed by atoms with Gasteiger partial charge in [0.15, 0.2) is 0 Å². The minimum atomic E-state index is -1.56. The average molecular weight is 459 g/mol. The van der Waals surface area contributed by atoms with Gasteiger partial charge in [0.25, 0.3) is 0 Å². The largest absolute Gasteiger partial charge is 1.00 e. The van der Waals surface area contributed by atoms with E-state index in [9.17, 15) is 14.7 Å². The molecule has 1 fully saturated rings. The first kappa shape index (κ1) is 24.2. The number of carbonyl (C=O) groups excluding carboxylic acids is 1. The summed E-state index contributed by atoms with van der Waals surface area (Å²) in [5.74, 6) is -2.46. The van der Waals surface area contributed by atoms with Gasteiger partial charge < -0.3 is 15.0 Å². The van der Waals surface area contributed by atoms with Crippen LogP contribution in [0.4, 0.5) is 0 Å². The van der Waals surface area contributed by atoms with Crippen LogP contribution in [0.25, 0.3) is 0 Å². The highest BCUT2D eigenvalue weighted by Gasteiger charge is 2.40. The maximum atomic E-state index is 9.39. The van der Waals surface area contributed by atoms with Gasteiger partial charge in [-0.25, -0.2) is 0 Å². The van der Waals surface area contributed by atoms with Crippen LogP contribution in [0, 0.1) is 0 Å². The molecular weight excluding hydrogens is 428 g/mol. The fourth-order valence-corrected chi connectivity index (χ4v) is 4.82. The predicted molar refractivity (Wildman–Crippen MR) is 124 cm³/mol. The second kappa shape index (κ2) is 10.0. The van der Waals surface area contributed by atoms with Crippen LogP contribution in [0.15, 0.2) is 48.5 Å². The van der Waals surface area contributed by atoms with Crippen molar-refractivity contribution in [3.05, 3.63) is 70.2 Å². The van der Waals surface area contributed by atoms with Gasteiger partial charge in [0, 0.05) is 42.2 Å². The number of carboxylic acids is 2. The molecule has 0 unspecified atom stereocenters. The van der Waals surface area contributed by atoms with Crippen molar-refractivity contribution in [2.75, 3.05) is 26.7 Å². The molecule has 1 aliphatic carbocycles. The van der Waals surface area contributed by atoms with Crippen LogP contribution in [0.1, 0.15) is 56.8 Å². The molecule has 2 atom stereocenters. The molecule has 1 heterocycles. The summed E-state index contributed by atoms with van der Waals surface area (Å²) in [5, 5.41) is 17.8. The van der Waals surface area contributed by atoms with Crippen molar-refractivity contribution in [1.82, 2.24) is 9.80 Å². The maximum absolute atomic E-state index is 9.39. The summed E-state index contributed by atoms with van der Waals surface area (Å²) in [6, 6.07) is 17.9. The van der Waals surface area contributed by atoms with Crippen molar-refractivity contribution in [2.45, 2.75) is 44.2 Å². The second-order valence-corrected chi connectivity index (χ2v) is 9.57. The maximum Gasteiger partial charge on any atom is 1.00 e. The third-order valence-corrected chi connectivity index (χ3v) is 6.76. The third kappa shape index (κ3) is 5.68. The lowest BCUT2D eigenvalue weighted by atomic mass is 9.93. The Kier molecular flexibility index (Phi) is 7.59. The van der Waals surface area contributed by atoms with Crippen LogP contribution < -0.4 is 5.11 Å². The van der Waals surface area contributed by atoms with Gasteiger partial charge in [-0.2, -0.15) is 0 Å². The van der Waals surface area contributed by atoms with Crippen LogP contribution >= 0.6 is 11.6 Å². The molecule has 2 aromatic rings. The van der Waals surface area contributed by atoms with Gasteiger partial charge in [-0.15, -0.1) is 0 Å². The molecule has 7 heteroatoms. The van der Waals surface area contributed by atoms with Crippen LogP contribution in [0.2, 0.25) is 5.02 Å². The van der Waals surface area contributed by atoms with Crippen molar-refractivity contribution in [3.63, 3.8) is 0 Å². The number of aliphatic carboxylic acids is 2. The number of carbonyl (C=O) groups is 2. The Morgan fingerprint density at radius 1 is 1.16 bits per heavy atom. The number of hydrogen-bond acceptors (Lipinski definition) is 5. The van der Waals surface area contributed by atoms with Crippen LogP contribution in [-0.2, 0) is 9.59 Å². The van der Waals surface area contributed by atoms with Crippen LogP contribution in [-0.4, -0.2) is 59.1 Å². The molecule has 0 aromatic heterocycles. The highest BCUT2D eigenvalue weighted by atomic mass is 35.5. The minimum absolute atomic E-state index is 0. The van der Waals surface area contributed by atoms with Crippen molar-refractivity contribution >= 4 is 23.5 Å². The van der Waals surface area contributed by atoms with Crippen LogP contribution in [0.5, 0.6) is 0 Å². The zero-order chi connectivity index (χ0) is 23.5. The van der Waals surface area contributed by atoms with Gasteiger partial charge in [-0.3, -0.25) is 14.6 Å². The fraction of sp³-hybridized carbons (Fsp3) is 0.440. The Morgan fingerprint density at radius 3 is 2.41 bits per heavy atom. The first-order valence-corrected chi connectivity index (χ1v) is 11.2. The monoisotopic (exact) mass is 458 g/mol. The molecule has 0 amide bonds.